The minimum atomic E-state index is 0.0696. The molecule has 5 heteroatoms. The molecule has 1 saturated carbocycles. The van der Waals surface area contributed by atoms with Crippen LogP contribution in [0.2, 0.25) is 0 Å². The van der Waals surface area contributed by atoms with Crippen LogP contribution in [-0.2, 0) is 4.79 Å². The number of amides is 1. The van der Waals surface area contributed by atoms with E-state index in [2.05, 4.69) is 23.6 Å². The van der Waals surface area contributed by atoms with E-state index in [4.69, 9.17) is 9.47 Å². The van der Waals surface area contributed by atoms with E-state index in [0.717, 1.165) is 36.4 Å². The zero-order valence-electron chi connectivity index (χ0n) is 17.2. The molecule has 1 aliphatic carbocycles. The Morgan fingerprint density at radius 3 is 2.52 bits per heavy atom. The summed E-state index contributed by atoms with van der Waals surface area (Å²) in [5, 5.41) is 0. The van der Waals surface area contributed by atoms with Gasteiger partial charge in [-0.15, -0.1) is 0 Å². The zero-order chi connectivity index (χ0) is 19.4. The van der Waals surface area contributed by atoms with Crippen molar-refractivity contribution in [3.8, 4) is 11.5 Å². The molecule has 0 spiro atoms. The molecule has 0 radical (unpaired) electrons. The lowest BCUT2D eigenvalue weighted by molar-refractivity contribution is -0.134. The first-order valence-electron chi connectivity index (χ1n) is 10.3. The lowest BCUT2D eigenvalue weighted by Gasteiger charge is -2.35. The molecule has 0 aromatic heterocycles. The second-order valence-electron chi connectivity index (χ2n) is 8.06. The SMILES string of the molecule is COc1ccc(OC)c(C2CCCN2C(=O)CN(C(C)C)C2CCCC2)c1. The number of ether oxygens (including phenoxy) is 2. The van der Waals surface area contributed by atoms with Crippen molar-refractivity contribution in [2.24, 2.45) is 0 Å². The van der Waals surface area contributed by atoms with Crippen molar-refractivity contribution in [3.05, 3.63) is 23.8 Å². The average Bonchev–Trinajstić information content (AvgIpc) is 3.36. The van der Waals surface area contributed by atoms with Gasteiger partial charge < -0.3 is 14.4 Å². The van der Waals surface area contributed by atoms with Crippen LogP contribution in [0.25, 0.3) is 0 Å². The van der Waals surface area contributed by atoms with Crippen molar-refractivity contribution in [2.75, 3.05) is 27.3 Å². The van der Waals surface area contributed by atoms with Crippen LogP contribution in [0.4, 0.5) is 0 Å². The fourth-order valence-corrected chi connectivity index (χ4v) is 4.70. The summed E-state index contributed by atoms with van der Waals surface area (Å²) in [6.07, 6.45) is 7.02. The molecule has 0 N–H and O–H groups in total. The van der Waals surface area contributed by atoms with E-state index in [1.54, 1.807) is 14.2 Å². The highest BCUT2D eigenvalue weighted by Gasteiger charge is 2.34. The minimum Gasteiger partial charge on any atom is -0.497 e. The predicted octanol–water partition coefficient (Wildman–Crippen LogP) is 4.02. The first kappa shape index (κ1) is 20.0. The maximum absolute atomic E-state index is 13.3. The van der Waals surface area contributed by atoms with E-state index in [-0.39, 0.29) is 11.9 Å². The Labute approximate surface area is 163 Å². The monoisotopic (exact) mass is 374 g/mol. The molecule has 150 valence electrons. The molecule has 1 unspecified atom stereocenters. The molecule has 2 fully saturated rings. The molecule has 5 nitrogen and oxygen atoms in total. The Bertz CT molecular complexity index is 640. The van der Waals surface area contributed by atoms with Crippen LogP contribution in [0.5, 0.6) is 11.5 Å². The number of hydrogen-bond acceptors (Lipinski definition) is 4. The highest BCUT2D eigenvalue weighted by atomic mass is 16.5. The van der Waals surface area contributed by atoms with Gasteiger partial charge in [0.2, 0.25) is 5.91 Å². The molecule has 0 bridgehead atoms. The maximum Gasteiger partial charge on any atom is 0.237 e. The quantitative estimate of drug-likeness (QED) is 0.723. The average molecular weight is 375 g/mol. The fourth-order valence-electron chi connectivity index (χ4n) is 4.70. The van der Waals surface area contributed by atoms with E-state index in [1.807, 2.05) is 18.2 Å². The molecule has 3 rings (SSSR count). The lowest BCUT2D eigenvalue weighted by atomic mass is 10.0. The van der Waals surface area contributed by atoms with Crippen LogP contribution in [0, 0.1) is 0 Å². The van der Waals surface area contributed by atoms with Gasteiger partial charge in [0.15, 0.2) is 0 Å². The Balaban J connectivity index is 1.78. The topological polar surface area (TPSA) is 42.0 Å². The highest BCUT2D eigenvalue weighted by molar-refractivity contribution is 5.79. The molecule has 1 aliphatic heterocycles. The molecule has 1 saturated heterocycles. The van der Waals surface area contributed by atoms with Gasteiger partial charge in [-0.25, -0.2) is 0 Å². The largest absolute Gasteiger partial charge is 0.497 e. The number of carbonyl (C=O) groups is 1. The minimum absolute atomic E-state index is 0.0696. The number of methoxy groups -OCH3 is 2. The Morgan fingerprint density at radius 2 is 1.89 bits per heavy atom. The molecular weight excluding hydrogens is 340 g/mol. The summed E-state index contributed by atoms with van der Waals surface area (Å²) >= 11 is 0. The lowest BCUT2D eigenvalue weighted by Crippen LogP contribution is -2.46. The Morgan fingerprint density at radius 1 is 1.15 bits per heavy atom. The molecular formula is C22H34N2O3. The summed E-state index contributed by atoms with van der Waals surface area (Å²) < 4.78 is 11.0. The van der Waals surface area contributed by atoms with Gasteiger partial charge in [-0.3, -0.25) is 9.69 Å². The van der Waals surface area contributed by atoms with Crippen LogP contribution in [0.1, 0.15) is 64.0 Å². The summed E-state index contributed by atoms with van der Waals surface area (Å²) in [6, 6.07) is 6.88. The number of likely N-dealkylation sites (tertiary alicyclic amines) is 1. The van der Waals surface area contributed by atoms with E-state index >= 15 is 0 Å². The van der Waals surface area contributed by atoms with Gasteiger partial charge in [0.25, 0.3) is 0 Å². The van der Waals surface area contributed by atoms with Crippen LogP contribution in [0.3, 0.4) is 0 Å². The highest BCUT2D eigenvalue weighted by Crippen LogP contribution is 2.39. The molecule has 1 aromatic rings. The summed E-state index contributed by atoms with van der Waals surface area (Å²) in [5.41, 5.74) is 1.06. The third-order valence-electron chi connectivity index (χ3n) is 6.14. The normalized spacial score (nSPS) is 20.7. The van der Waals surface area contributed by atoms with E-state index in [9.17, 15) is 4.79 Å². The van der Waals surface area contributed by atoms with E-state index in [1.165, 1.54) is 25.7 Å². The Hall–Kier alpha value is -1.75. The number of nitrogens with zero attached hydrogens (tertiary/aromatic N) is 2. The number of hydrogen-bond donors (Lipinski definition) is 0. The van der Waals surface area contributed by atoms with Gasteiger partial charge in [0.05, 0.1) is 26.8 Å². The summed E-state index contributed by atoms with van der Waals surface area (Å²) in [7, 11) is 3.36. The molecule has 2 aliphatic rings. The van der Waals surface area contributed by atoms with Gasteiger partial charge in [-0.05, 0) is 57.7 Å². The van der Waals surface area contributed by atoms with Crippen molar-refractivity contribution in [2.45, 2.75) is 70.5 Å². The summed E-state index contributed by atoms with van der Waals surface area (Å²) in [5.74, 6) is 1.87. The van der Waals surface area contributed by atoms with Crippen LogP contribution in [0.15, 0.2) is 18.2 Å². The molecule has 1 atom stereocenters. The first-order valence-corrected chi connectivity index (χ1v) is 10.3. The summed E-state index contributed by atoms with van der Waals surface area (Å²) in [6.45, 7) is 5.75. The molecule has 1 aromatic carbocycles. The standard InChI is InChI=1S/C22H34N2O3/c1-16(2)24(17-8-5-6-9-17)15-22(25)23-13-7-10-20(23)19-14-18(26-3)11-12-21(19)27-4/h11-12,14,16-17,20H,5-10,13,15H2,1-4H3. The van der Waals surface area contributed by atoms with Gasteiger partial charge >= 0.3 is 0 Å². The zero-order valence-corrected chi connectivity index (χ0v) is 17.2. The molecule has 27 heavy (non-hydrogen) atoms. The second kappa shape index (κ2) is 8.96. The number of carbonyl (C=O) groups excluding carboxylic acids is 1. The maximum atomic E-state index is 13.3. The van der Waals surface area contributed by atoms with Crippen molar-refractivity contribution in [1.82, 2.24) is 9.80 Å². The first-order chi connectivity index (χ1) is 13.0. The van der Waals surface area contributed by atoms with E-state index in [0.29, 0.717) is 18.6 Å². The van der Waals surface area contributed by atoms with Crippen molar-refractivity contribution in [3.63, 3.8) is 0 Å². The van der Waals surface area contributed by atoms with Crippen molar-refractivity contribution >= 4 is 5.91 Å². The fraction of sp³-hybridized carbons (Fsp3) is 0.682. The van der Waals surface area contributed by atoms with E-state index < -0.39 is 0 Å². The molecule has 1 heterocycles. The van der Waals surface area contributed by atoms with Gasteiger partial charge in [-0.2, -0.15) is 0 Å². The number of rotatable bonds is 7. The third-order valence-corrected chi connectivity index (χ3v) is 6.14. The van der Waals surface area contributed by atoms with Gasteiger partial charge in [0, 0.05) is 24.2 Å². The summed E-state index contributed by atoms with van der Waals surface area (Å²) in [4.78, 5) is 17.7. The molecule has 1 amide bonds. The Kier molecular flexibility index (Phi) is 6.64. The van der Waals surface area contributed by atoms with Gasteiger partial charge in [-0.1, -0.05) is 12.8 Å². The number of benzene rings is 1. The van der Waals surface area contributed by atoms with Crippen LogP contribution >= 0.6 is 0 Å². The van der Waals surface area contributed by atoms with Crippen LogP contribution in [-0.4, -0.2) is 55.1 Å². The van der Waals surface area contributed by atoms with Crippen molar-refractivity contribution < 1.29 is 14.3 Å². The van der Waals surface area contributed by atoms with Gasteiger partial charge in [0.1, 0.15) is 11.5 Å². The predicted molar refractivity (Wildman–Crippen MR) is 107 cm³/mol. The van der Waals surface area contributed by atoms with Crippen LogP contribution < -0.4 is 9.47 Å². The smallest absolute Gasteiger partial charge is 0.237 e. The second-order valence-corrected chi connectivity index (χ2v) is 8.06. The third kappa shape index (κ3) is 4.40. The van der Waals surface area contributed by atoms with Crippen molar-refractivity contribution in [1.29, 1.82) is 0 Å².